The van der Waals surface area contributed by atoms with E-state index in [9.17, 15) is 0 Å². The molecule has 3 heteroatoms. The van der Waals surface area contributed by atoms with Crippen LogP contribution in [-0.4, -0.2) is 23.4 Å². The van der Waals surface area contributed by atoms with Gasteiger partial charge in [0.15, 0.2) is 0 Å². The average molecular weight is 552 g/mol. The van der Waals surface area contributed by atoms with Crippen LogP contribution in [0.3, 0.4) is 0 Å². The zero-order chi connectivity index (χ0) is 23.4. The molecule has 33 heavy (non-hydrogen) atoms. The Hall–Kier alpha value is -1.55. The maximum atomic E-state index is 6.54. The Morgan fingerprint density at radius 2 is 1.24 bits per heavy atom. The molecule has 0 saturated heterocycles. The van der Waals surface area contributed by atoms with Crippen LogP contribution in [0.4, 0.5) is 0 Å². The summed E-state index contributed by atoms with van der Waals surface area (Å²) in [5, 5.41) is 0. The summed E-state index contributed by atoms with van der Waals surface area (Å²) in [6, 6.07) is 19.6. The Morgan fingerprint density at radius 3 is 1.82 bits per heavy atom. The predicted octanol–water partition coefficient (Wildman–Crippen LogP) is 8.57. The standard InChI is InChI=1S/C18H16NO.3C4H9.Sn/c1-2-6-16(7-3-1)17-11-9-15(10-12-17)5-4-8-18-19-13-14-20-18;3*1-3-4-2;/h1-3,6-7,9-13H,4-5,8H2;3*1,3-4H2,2H3;. The summed E-state index contributed by atoms with van der Waals surface area (Å²) in [4.78, 5) is 4.78. The van der Waals surface area contributed by atoms with Crippen molar-refractivity contribution in [3.05, 3.63) is 72.2 Å². The van der Waals surface area contributed by atoms with Gasteiger partial charge in [-0.15, -0.1) is 0 Å². The van der Waals surface area contributed by atoms with Gasteiger partial charge in [-0.25, -0.2) is 0 Å². The molecule has 178 valence electrons. The Kier molecular flexibility index (Phi) is 11.0. The summed E-state index contributed by atoms with van der Waals surface area (Å²) < 4.78 is 12.2. The van der Waals surface area contributed by atoms with Gasteiger partial charge in [-0.2, -0.15) is 0 Å². The van der Waals surface area contributed by atoms with Crippen molar-refractivity contribution < 1.29 is 4.42 Å². The number of aromatic nitrogens is 1. The molecule has 1 heterocycles. The van der Waals surface area contributed by atoms with Gasteiger partial charge in [0.2, 0.25) is 0 Å². The van der Waals surface area contributed by atoms with Gasteiger partial charge in [0.05, 0.1) is 0 Å². The molecular weight excluding hydrogens is 509 g/mol. The van der Waals surface area contributed by atoms with E-state index in [0.29, 0.717) is 0 Å². The fourth-order valence-electron chi connectivity index (χ4n) is 4.90. The van der Waals surface area contributed by atoms with Crippen molar-refractivity contribution in [3.63, 3.8) is 0 Å². The average Bonchev–Trinajstić information content (AvgIpc) is 3.34. The van der Waals surface area contributed by atoms with Gasteiger partial charge in [-0.1, -0.05) is 18.2 Å². The molecule has 0 aliphatic carbocycles. The van der Waals surface area contributed by atoms with Crippen LogP contribution in [0.5, 0.6) is 0 Å². The SMILES string of the molecule is CCC[CH2][Sn]([CH2]CCC)([CH2]CCC)[c]1cnc(CCCc2ccc(-c3ccccc3)cc2)o1. The van der Waals surface area contributed by atoms with Crippen molar-refractivity contribution in [2.75, 3.05) is 0 Å². The van der Waals surface area contributed by atoms with E-state index >= 15 is 0 Å². The number of rotatable bonds is 15. The molecule has 0 saturated carbocycles. The molecule has 0 aliphatic rings. The second-order valence-electron chi connectivity index (χ2n) is 9.63. The van der Waals surface area contributed by atoms with Crippen LogP contribution in [0.15, 0.2) is 65.2 Å². The van der Waals surface area contributed by atoms with Gasteiger partial charge in [-0.05, 0) is 0 Å². The molecule has 0 amide bonds. The first kappa shape index (κ1) is 26.1. The van der Waals surface area contributed by atoms with Gasteiger partial charge < -0.3 is 0 Å². The van der Waals surface area contributed by atoms with E-state index in [0.717, 1.165) is 25.2 Å². The summed E-state index contributed by atoms with van der Waals surface area (Å²) in [6.07, 6.45) is 13.2. The van der Waals surface area contributed by atoms with E-state index < -0.39 is 18.4 Å². The van der Waals surface area contributed by atoms with Gasteiger partial charge in [0.1, 0.15) is 0 Å². The van der Waals surface area contributed by atoms with Crippen LogP contribution < -0.4 is 3.78 Å². The van der Waals surface area contributed by atoms with Gasteiger partial charge in [0.25, 0.3) is 0 Å². The first-order valence-corrected chi connectivity index (χ1v) is 20.8. The van der Waals surface area contributed by atoms with Crippen LogP contribution in [0.1, 0.15) is 77.2 Å². The van der Waals surface area contributed by atoms with E-state index in [1.54, 1.807) is 0 Å². The fraction of sp³-hybridized carbons (Fsp3) is 0.500. The van der Waals surface area contributed by atoms with Crippen LogP contribution in [-0.2, 0) is 12.8 Å². The van der Waals surface area contributed by atoms with Crippen molar-refractivity contribution >= 4 is 22.2 Å². The minimum absolute atomic E-state index is 0.942. The topological polar surface area (TPSA) is 26.0 Å². The van der Waals surface area contributed by atoms with Crippen molar-refractivity contribution in [1.29, 1.82) is 0 Å². The van der Waals surface area contributed by atoms with E-state index in [1.807, 2.05) is 0 Å². The van der Waals surface area contributed by atoms with Crippen LogP contribution in [0.25, 0.3) is 11.1 Å². The first-order chi connectivity index (χ1) is 16.2. The van der Waals surface area contributed by atoms with Crippen LogP contribution in [0, 0.1) is 0 Å². The molecule has 0 spiro atoms. The number of aryl methyl sites for hydroxylation is 2. The molecule has 0 atom stereocenters. The second kappa shape index (κ2) is 14.0. The third-order valence-electron chi connectivity index (χ3n) is 7.02. The van der Waals surface area contributed by atoms with Crippen LogP contribution in [0.2, 0.25) is 13.3 Å². The zero-order valence-electron chi connectivity index (χ0n) is 21.1. The van der Waals surface area contributed by atoms with E-state index in [4.69, 9.17) is 9.40 Å². The molecule has 0 bridgehead atoms. The third-order valence-corrected chi connectivity index (χ3v) is 21.9. The summed E-state index contributed by atoms with van der Waals surface area (Å²) in [7, 11) is 0. The number of oxazole rings is 1. The number of hydrogen-bond donors (Lipinski definition) is 0. The molecule has 0 unspecified atom stereocenters. The number of unbranched alkanes of at least 4 members (excludes halogenated alkanes) is 3. The van der Waals surface area contributed by atoms with Crippen LogP contribution >= 0.6 is 0 Å². The molecule has 3 aromatic rings. The maximum absolute atomic E-state index is 6.54. The van der Waals surface area contributed by atoms with Gasteiger partial charge >= 0.3 is 189 Å². The summed E-state index contributed by atoms with van der Waals surface area (Å²) in [6.45, 7) is 6.98. The van der Waals surface area contributed by atoms with Crippen molar-refractivity contribution in [2.45, 2.75) is 91.9 Å². The summed E-state index contributed by atoms with van der Waals surface area (Å²) in [5.74, 6) is 0.969. The third kappa shape index (κ3) is 7.73. The zero-order valence-corrected chi connectivity index (χ0v) is 24.0. The van der Waals surface area contributed by atoms with Gasteiger partial charge in [-0.3, -0.25) is 0 Å². The quantitative estimate of drug-likeness (QED) is 0.177. The molecule has 2 aromatic carbocycles. The van der Waals surface area contributed by atoms with Gasteiger partial charge in [0, 0.05) is 0 Å². The van der Waals surface area contributed by atoms with Crippen molar-refractivity contribution in [1.82, 2.24) is 4.98 Å². The Morgan fingerprint density at radius 1 is 0.667 bits per heavy atom. The summed E-state index contributed by atoms with van der Waals surface area (Å²) in [5.41, 5.74) is 3.95. The Labute approximate surface area is 206 Å². The molecule has 3 rings (SSSR count). The van der Waals surface area contributed by atoms with E-state index in [-0.39, 0.29) is 0 Å². The van der Waals surface area contributed by atoms with E-state index in [2.05, 4.69) is 81.6 Å². The molecule has 0 aliphatic heterocycles. The predicted molar refractivity (Wildman–Crippen MR) is 145 cm³/mol. The molecule has 0 radical (unpaired) electrons. The Bertz CT molecular complexity index is 894. The second-order valence-corrected chi connectivity index (χ2v) is 22.6. The first-order valence-electron chi connectivity index (χ1n) is 13.3. The normalized spacial score (nSPS) is 11.7. The molecule has 1 aromatic heterocycles. The van der Waals surface area contributed by atoms with Crippen molar-refractivity contribution in [2.24, 2.45) is 0 Å². The minimum atomic E-state index is -2.49. The molecule has 0 fully saturated rings. The number of hydrogen-bond acceptors (Lipinski definition) is 2. The number of nitrogens with zero attached hydrogens (tertiary/aromatic N) is 1. The number of benzene rings is 2. The monoisotopic (exact) mass is 553 g/mol. The Balaban J connectivity index is 1.61. The summed E-state index contributed by atoms with van der Waals surface area (Å²) >= 11 is -2.49. The molecular formula is C30H43NOSn. The molecule has 2 nitrogen and oxygen atoms in total. The van der Waals surface area contributed by atoms with E-state index in [1.165, 1.54) is 72.3 Å². The molecule has 0 N–H and O–H groups in total. The van der Waals surface area contributed by atoms with Crippen molar-refractivity contribution in [3.8, 4) is 11.1 Å². The fourth-order valence-corrected chi connectivity index (χ4v) is 19.9.